The summed E-state index contributed by atoms with van der Waals surface area (Å²) in [4.78, 5) is 0. The maximum absolute atomic E-state index is 12.8. The summed E-state index contributed by atoms with van der Waals surface area (Å²) in [6.07, 6.45) is -3.87. The molecule has 0 aliphatic carbocycles. The van der Waals surface area contributed by atoms with Gasteiger partial charge in [-0.2, -0.15) is 13.2 Å². The van der Waals surface area contributed by atoms with Gasteiger partial charge in [-0.25, -0.2) is 8.42 Å². The molecule has 0 unspecified atom stereocenters. The molecule has 1 N–H and O–H groups in total. The van der Waals surface area contributed by atoms with Gasteiger partial charge in [0.2, 0.25) is 10.0 Å². The van der Waals surface area contributed by atoms with E-state index in [1.54, 1.807) is 0 Å². The number of halogens is 5. The zero-order valence-corrected chi connectivity index (χ0v) is 13.3. The van der Waals surface area contributed by atoms with Crippen molar-refractivity contribution in [1.29, 1.82) is 0 Å². The van der Waals surface area contributed by atoms with Gasteiger partial charge in [0.05, 0.1) is 17.0 Å². The normalized spacial score (nSPS) is 12.4. The fraction of sp³-hybridized carbons (Fsp3) is 0.455. The SMILES string of the molecule is O=S(=O)(CCCCCl)Nc1ccc(Br)cc1C(F)(F)F. The second-order valence-electron chi connectivity index (χ2n) is 4.00. The minimum atomic E-state index is -4.64. The molecule has 0 amide bonds. The predicted molar refractivity (Wildman–Crippen MR) is 76.5 cm³/mol. The molecule has 0 atom stereocenters. The van der Waals surface area contributed by atoms with Crippen LogP contribution in [-0.2, 0) is 16.2 Å². The van der Waals surface area contributed by atoms with Crippen LogP contribution in [-0.4, -0.2) is 20.1 Å². The molecular formula is C11H12BrClF3NO2S. The largest absolute Gasteiger partial charge is 0.418 e. The highest BCUT2D eigenvalue weighted by molar-refractivity contribution is 9.10. The fourth-order valence-electron chi connectivity index (χ4n) is 1.45. The van der Waals surface area contributed by atoms with Gasteiger partial charge in [-0.3, -0.25) is 4.72 Å². The van der Waals surface area contributed by atoms with Crippen molar-refractivity contribution in [3.8, 4) is 0 Å². The molecule has 0 saturated heterocycles. The first kappa shape index (κ1) is 17.6. The molecule has 1 rings (SSSR count). The van der Waals surface area contributed by atoms with Crippen LogP contribution in [0.5, 0.6) is 0 Å². The Morgan fingerprint density at radius 1 is 1.25 bits per heavy atom. The molecule has 0 aliphatic rings. The summed E-state index contributed by atoms with van der Waals surface area (Å²) in [5, 5.41) is 0. The second-order valence-corrected chi connectivity index (χ2v) is 7.14. The van der Waals surface area contributed by atoms with Crippen LogP contribution in [0, 0.1) is 0 Å². The number of hydrogen-bond acceptors (Lipinski definition) is 2. The van der Waals surface area contributed by atoms with Gasteiger partial charge >= 0.3 is 6.18 Å². The van der Waals surface area contributed by atoms with E-state index in [0.717, 1.165) is 12.1 Å². The number of hydrogen-bond donors (Lipinski definition) is 1. The van der Waals surface area contributed by atoms with Crippen LogP contribution < -0.4 is 4.72 Å². The quantitative estimate of drug-likeness (QED) is 0.580. The number of unbranched alkanes of at least 4 members (excludes halogenated alkanes) is 1. The van der Waals surface area contributed by atoms with Crippen molar-refractivity contribution in [2.24, 2.45) is 0 Å². The first-order valence-electron chi connectivity index (χ1n) is 5.59. The maximum atomic E-state index is 12.8. The summed E-state index contributed by atoms with van der Waals surface area (Å²) in [5.74, 6) is 0.0364. The molecule has 0 fully saturated rings. The first-order chi connectivity index (χ1) is 9.15. The smallest absolute Gasteiger partial charge is 0.283 e. The molecule has 1 aromatic rings. The minimum absolute atomic E-state index is 0.218. The molecule has 0 saturated carbocycles. The predicted octanol–water partition coefficient (Wildman–Crippen LogP) is 4.23. The van der Waals surface area contributed by atoms with Crippen molar-refractivity contribution in [3.63, 3.8) is 0 Å². The summed E-state index contributed by atoms with van der Waals surface area (Å²) in [5.41, 5.74) is -1.51. The van der Waals surface area contributed by atoms with Crippen LogP contribution in [0.1, 0.15) is 18.4 Å². The lowest BCUT2D eigenvalue weighted by Gasteiger charge is -2.15. The zero-order valence-electron chi connectivity index (χ0n) is 10.2. The second kappa shape index (κ2) is 7.00. The van der Waals surface area contributed by atoms with Crippen LogP contribution in [0.25, 0.3) is 0 Å². The number of sulfonamides is 1. The maximum Gasteiger partial charge on any atom is 0.418 e. The van der Waals surface area contributed by atoms with Crippen LogP contribution in [0.15, 0.2) is 22.7 Å². The molecule has 9 heteroatoms. The summed E-state index contributed by atoms with van der Waals surface area (Å²) in [6.45, 7) is 0. The Balaban J connectivity index is 2.98. The topological polar surface area (TPSA) is 46.2 Å². The van der Waals surface area contributed by atoms with E-state index >= 15 is 0 Å². The Hall–Kier alpha value is -0.470. The van der Waals surface area contributed by atoms with Gasteiger partial charge in [-0.05, 0) is 31.0 Å². The molecule has 114 valence electrons. The molecule has 0 heterocycles. The molecule has 0 aliphatic heterocycles. The van der Waals surface area contributed by atoms with Crippen LogP contribution in [0.3, 0.4) is 0 Å². The van der Waals surface area contributed by atoms with Gasteiger partial charge in [0.1, 0.15) is 0 Å². The third-order valence-corrected chi connectivity index (χ3v) is 4.47. The third kappa shape index (κ3) is 5.49. The van der Waals surface area contributed by atoms with E-state index in [1.165, 1.54) is 6.07 Å². The van der Waals surface area contributed by atoms with Gasteiger partial charge in [-0.15, -0.1) is 11.6 Å². The van der Waals surface area contributed by atoms with Crippen LogP contribution >= 0.6 is 27.5 Å². The van der Waals surface area contributed by atoms with Crippen molar-refractivity contribution < 1.29 is 21.6 Å². The first-order valence-corrected chi connectivity index (χ1v) is 8.57. The lowest BCUT2D eigenvalue weighted by molar-refractivity contribution is -0.136. The lowest BCUT2D eigenvalue weighted by atomic mass is 10.2. The fourth-order valence-corrected chi connectivity index (χ4v) is 3.19. The molecule has 0 spiro atoms. The Morgan fingerprint density at radius 2 is 1.90 bits per heavy atom. The van der Waals surface area contributed by atoms with E-state index in [1.807, 2.05) is 4.72 Å². The van der Waals surface area contributed by atoms with Crippen molar-refractivity contribution in [2.45, 2.75) is 19.0 Å². The molecule has 1 aromatic carbocycles. The number of benzene rings is 1. The highest BCUT2D eigenvalue weighted by Gasteiger charge is 2.34. The minimum Gasteiger partial charge on any atom is -0.283 e. The monoisotopic (exact) mass is 393 g/mol. The number of rotatable bonds is 6. The highest BCUT2D eigenvalue weighted by atomic mass is 79.9. The van der Waals surface area contributed by atoms with E-state index in [2.05, 4.69) is 15.9 Å². The summed E-state index contributed by atoms with van der Waals surface area (Å²) in [7, 11) is -3.83. The number of alkyl halides is 4. The average Bonchev–Trinajstić information content (AvgIpc) is 2.30. The zero-order chi connectivity index (χ0) is 15.4. The van der Waals surface area contributed by atoms with Crippen molar-refractivity contribution >= 4 is 43.2 Å². The van der Waals surface area contributed by atoms with E-state index in [4.69, 9.17) is 11.6 Å². The third-order valence-electron chi connectivity index (χ3n) is 2.35. The molecule has 0 bridgehead atoms. The van der Waals surface area contributed by atoms with Gasteiger partial charge < -0.3 is 0 Å². The number of anilines is 1. The summed E-state index contributed by atoms with van der Waals surface area (Å²) >= 11 is 8.35. The van der Waals surface area contributed by atoms with Gasteiger partial charge in [-0.1, -0.05) is 15.9 Å². The molecule has 20 heavy (non-hydrogen) atoms. The molecule has 0 radical (unpaired) electrons. The molecule has 0 aromatic heterocycles. The van der Waals surface area contributed by atoms with Crippen LogP contribution in [0.2, 0.25) is 0 Å². The van der Waals surface area contributed by atoms with Crippen molar-refractivity contribution in [3.05, 3.63) is 28.2 Å². The molecular weight excluding hydrogens is 383 g/mol. The standard InChI is InChI=1S/C11H12BrClF3NO2S/c12-8-3-4-10(9(7-8)11(14,15)16)17-20(18,19)6-2-1-5-13/h3-4,7,17H,1-2,5-6H2. The van der Waals surface area contributed by atoms with Gasteiger partial charge in [0.25, 0.3) is 0 Å². The number of nitrogens with one attached hydrogen (secondary N) is 1. The van der Waals surface area contributed by atoms with Gasteiger partial charge in [0, 0.05) is 10.4 Å². The van der Waals surface area contributed by atoms with E-state index in [-0.39, 0.29) is 16.6 Å². The Kier molecular flexibility index (Phi) is 6.15. The Bertz CT molecular complexity index is 563. The van der Waals surface area contributed by atoms with Crippen LogP contribution in [0.4, 0.5) is 18.9 Å². The highest BCUT2D eigenvalue weighted by Crippen LogP contribution is 2.36. The Morgan fingerprint density at radius 3 is 2.45 bits per heavy atom. The lowest BCUT2D eigenvalue weighted by Crippen LogP contribution is -2.19. The van der Waals surface area contributed by atoms with E-state index in [0.29, 0.717) is 12.3 Å². The van der Waals surface area contributed by atoms with Crippen molar-refractivity contribution in [1.82, 2.24) is 0 Å². The molecule has 3 nitrogen and oxygen atoms in total. The summed E-state index contributed by atoms with van der Waals surface area (Å²) < 4.78 is 64.1. The Labute approximate surface area is 128 Å². The summed E-state index contributed by atoms with van der Waals surface area (Å²) in [6, 6.07) is 3.24. The average molecular weight is 395 g/mol. The van der Waals surface area contributed by atoms with E-state index < -0.39 is 27.5 Å². The van der Waals surface area contributed by atoms with Gasteiger partial charge in [0.15, 0.2) is 0 Å². The van der Waals surface area contributed by atoms with Crippen molar-refractivity contribution in [2.75, 3.05) is 16.4 Å². The van der Waals surface area contributed by atoms with E-state index in [9.17, 15) is 21.6 Å².